The van der Waals surface area contributed by atoms with E-state index in [-0.39, 0.29) is 5.91 Å². The number of nitrogens with one attached hydrogen (secondary N) is 1. The van der Waals surface area contributed by atoms with Crippen molar-refractivity contribution in [1.82, 2.24) is 25.1 Å². The predicted octanol–water partition coefficient (Wildman–Crippen LogP) is 3.75. The van der Waals surface area contributed by atoms with Gasteiger partial charge in [-0.1, -0.05) is 12.1 Å². The summed E-state index contributed by atoms with van der Waals surface area (Å²) in [5.41, 5.74) is 11.2. The van der Waals surface area contributed by atoms with Crippen LogP contribution in [0.25, 0.3) is 21.9 Å². The lowest BCUT2D eigenvalue weighted by Crippen LogP contribution is -2.23. The van der Waals surface area contributed by atoms with Gasteiger partial charge in [-0.25, -0.2) is 9.97 Å². The van der Waals surface area contributed by atoms with E-state index in [1.165, 1.54) is 0 Å². The van der Waals surface area contributed by atoms with Crippen LogP contribution < -0.4 is 11.1 Å². The molecule has 0 aliphatic heterocycles. The Morgan fingerprint density at radius 3 is 2.88 bits per heavy atom. The molecule has 32 heavy (non-hydrogen) atoms. The summed E-state index contributed by atoms with van der Waals surface area (Å²) in [6.07, 6.45) is 4.94. The molecule has 8 nitrogen and oxygen atoms in total. The fourth-order valence-electron chi connectivity index (χ4n) is 3.97. The SMILES string of the molecule is Cc1cc2c(N)nccc2c(C)c1CNC(=O)c1cnn(Cc2nc3ccccc3o2)c1. The van der Waals surface area contributed by atoms with Crippen LogP contribution in [0.5, 0.6) is 0 Å². The van der Waals surface area contributed by atoms with Gasteiger partial charge in [-0.05, 0) is 60.2 Å². The Labute approximate surface area is 184 Å². The summed E-state index contributed by atoms with van der Waals surface area (Å²) in [5.74, 6) is 0.857. The highest BCUT2D eigenvalue weighted by atomic mass is 16.3. The summed E-state index contributed by atoms with van der Waals surface area (Å²) in [7, 11) is 0. The Kier molecular flexibility index (Phi) is 4.82. The summed E-state index contributed by atoms with van der Waals surface area (Å²) in [4.78, 5) is 21.3. The zero-order valence-electron chi connectivity index (χ0n) is 17.8. The normalized spacial score (nSPS) is 11.3. The molecule has 5 rings (SSSR count). The number of aryl methyl sites for hydroxylation is 2. The van der Waals surface area contributed by atoms with Crippen molar-refractivity contribution in [3.63, 3.8) is 0 Å². The lowest BCUT2D eigenvalue weighted by molar-refractivity contribution is 0.0950. The zero-order chi connectivity index (χ0) is 22.2. The minimum absolute atomic E-state index is 0.193. The van der Waals surface area contributed by atoms with Gasteiger partial charge in [0.05, 0.1) is 11.8 Å². The number of fused-ring (bicyclic) bond motifs is 2. The van der Waals surface area contributed by atoms with Gasteiger partial charge in [0.15, 0.2) is 5.58 Å². The first-order valence-corrected chi connectivity index (χ1v) is 10.3. The maximum atomic E-state index is 12.7. The average molecular weight is 426 g/mol. The van der Waals surface area contributed by atoms with Crippen LogP contribution in [0.3, 0.4) is 0 Å². The molecule has 0 aliphatic rings. The van der Waals surface area contributed by atoms with E-state index < -0.39 is 0 Å². The second-order valence-electron chi connectivity index (χ2n) is 7.77. The lowest BCUT2D eigenvalue weighted by atomic mass is 9.96. The molecule has 0 atom stereocenters. The van der Waals surface area contributed by atoms with Crippen LogP contribution in [0.1, 0.15) is 32.9 Å². The van der Waals surface area contributed by atoms with Crippen molar-refractivity contribution in [3.05, 3.63) is 83.1 Å². The van der Waals surface area contributed by atoms with Crippen LogP contribution in [0.15, 0.2) is 59.4 Å². The fourth-order valence-corrected chi connectivity index (χ4v) is 3.97. The van der Waals surface area contributed by atoms with E-state index in [1.54, 1.807) is 23.3 Å². The number of carbonyl (C=O) groups is 1. The molecule has 160 valence electrons. The van der Waals surface area contributed by atoms with Gasteiger partial charge in [-0.2, -0.15) is 5.10 Å². The number of para-hydroxylation sites is 2. The third-order valence-electron chi connectivity index (χ3n) is 5.67. The van der Waals surface area contributed by atoms with E-state index in [0.29, 0.717) is 30.4 Å². The fraction of sp³-hybridized carbons (Fsp3) is 0.167. The van der Waals surface area contributed by atoms with Gasteiger partial charge in [0.1, 0.15) is 17.9 Å². The monoisotopic (exact) mass is 426 g/mol. The Hall–Kier alpha value is -4.20. The van der Waals surface area contributed by atoms with Crippen LogP contribution >= 0.6 is 0 Å². The van der Waals surface area contributed by atoms with Crippen molar-refractivity contribution in [1.29, 1.82) is 0 Å². The Balaban J connectivity index is 1.30. The topological polar surface area (TPSA) is 112 Å². The molecule has 3 heterocycles. The second-order valence-corrected chi connectivity index (χ2v) is 7.77. The van der Waals surface area contributed by atoms with Crippen molar-refractivity contribution in [2.24, 2.45) is 0 Å². The number of amides is 1. The number of hydrogen-bond acceptors (Lipinski definition) is 6. The molecule has 3 aromatic heterocycles. The summed E-state index contributed by atoms with van der Waals surface area (Å²) >= 11 is 0. The number of benzene rings is 2. The highest BCUT2D eigenvalue weighted by Crippen LogP contribution is 2.27. The third-order valence-corrected chi connectivity index (χ3v) is 5.67. The van der Waals surface area contributed by atoms with Crippen LogP contribution in [0.4, 0.5) is 5.82 Å². The summed E-state index contributed by atoms with van der Waals surface area (Å²) in [5, 5.41) is 9.24. The van der Waals surface area contributed by atoms with Gasteiger partial charge < -0.3 is 15.5 Å². The molecule has 5 aromatic rings. The molecule has 8 heteroatoms. The molecule has 0 saturated carbocycles. The molecule has 3 N–H and O–H groups in total. The second kappa shape index (κ2) is 7.81. The first-order valence-electron chi connectivity index (χ1n) is 10.3. The number of nitrogens with zero attached hydrogens (tertiary/aromatic N) is 4. The van der Waals surface area contributed by atoms with Gasteiger partial charge >= 0.3 is 0 Å². The van der Waals surface area contributed by atoms with Crippen LogP contribution in [-0.2, 0) is 13.1 Å². The first-order chi connectivity index (χ1) is 15.5. The van der Waals surface area contributed by atoms with E-state index >= 15 is 0 Å². The Morgan fingerprint density at radius 2 is 2.03 bits per heavy atom. The third kappa shape index (κ3) is 3.56. The number of rotatable bonds is 5. The van der Waals surface area contributed by atoms with E-state index in [2.05, 4.69) is 20.4 Å². The maximum absolute atomic E-state index is 12.7. The van der Waals surface area contributed by atoms with Crippen LogP contribution in [-0.4, -0.2) is 25.7 Å². The number of nitrogen functional groups attached to an aromatic ring is 1. The molecule has 2 aromatic carbocycles. The smallest absolute Gasteiger partial charge is 0.254 e. The molecular weight excluding hydrogens is 404 g/mol. The highest BCUT2D eigenvalue weighted by Gasteiger charge is 2.14. The van der Waals surface area contributed by atoms with Crippen LogP contribution in [0.2, 0.25) is 0 Å². The van der Waals surface area contributed by atoms with E-state index in [4.69, 9.17) is 10.2 Å². The summed E-state index contributed by atoms with van der Waals surface area (Å²) in [6, 6.07) is 11.5. The molecule has 0 radical (unpaired) electrons. The van der Waals surface area contributed by atoms with Crippen molar-refractivity contribution in [2.45, 2.75) is 26.9 Å². The van der Waals surface area contributed by atoms with E-state index in [9.17, 15) is 4.79 Å². The minimum Gasteiger partial charge on any atom is -0.439 e. The summed E-state index contributed by atoms with van der Waals surface area (Å²) in [6.45, 7) is 4.80. The number of hydrogen-bond donors (Lipinski definition) is 2. The van der Waals surface area contributed by atoms with Gasteiger partial charge in [0.2, 0.25) is 5.89 Å². The molecule has 0 spiro atoms. The van der Waals surface area contributed by atoms with Crippen molar-refractivity contribution in [3.8, 4) is 0 Å². The summed E-state index contributed by atoms with van der Waals surface area (Å²) < 4.78 is 7.37. The van der Waals surface area contributed by atoms with Crippen molar-refractivity contribution >= 4 is 33.6 Å². The largest absolute Gasteiger partial charge is 0.439 e. The molecule has 0 aliphatic carbocycles. The highest BCUT2D eigenvalue weighted by molar-refractivity contribution is 5.95. The van der Waals surface area contributed by atoms with Crippen molar-refractivity contribution < 1.29 is 9.21 Å². The van der Waals surface area contributed by atoms with E-state index in [1.807, 2.05) is 50.2 Å². The quantitative estimate of drug-likeness (QED) is 0.443. The number of pyridine rings is 1. The lowest BCUT2D eigenvalue weighted by Gasteiger charge is -2.14. The molecular formula is C24H22N6O2. The first kappa shape index (κ1) is 19.7. The average Bonchev–Trinajstić information content (AvgIpc) is 3.41. The molecule has 0 unspecified atom stereocenters. The van der Waals surface area contributed by atoms with Gasteiger partial charge in [-0.3, -0.25) is 9.48 Å². The zero-order valence-corrected chi connectivity index (χ0v) is 17.8. The number of nitrogens with two attached hydrogens (primary N) is 1. The van der Waals surface area contributed by atoms with Crippen molar-refractivity contribution in [2.75, 3.05) is 5.73 Å². The minimum atomic E-state index is -0.193. The van der Waals surface area contributed by atoms with Gasteiger partial charge in [0.25, 0.3) is 5.91 Å². The van der Waals surface area contributed by atoms with E-state index in [0.717, 1.165) is 38.6 Å². The van der Waals surface area contributed by atoms with Gasteiger partial charge in [0, 0.05) is 24.3 Å². The molecule has 1 amide bonds. The predicted molar refractivity (Wildman–Crippen MR) is 122 cm³/mol. The number of carbonyl (C=O) groups excluding carboxylic acids is 1. The Morgan fingerprint density at radius 1 is 1.19 bits per heavy atom. The number of anilines is 1. The maximum Gasteiger partial charge on any atom is 0.254 e. The number of aromatic nitrogens is 4. The standard InChI is InChI=1S/C24H22N6O2/c1-14-9-18-17(7-8-26-23(18)25)15(2)19(14)11-27-24(31)16-10-28-30(12-16)13-22-29-20-5-3-4-6-21(20)32-22/h3-10,12H,11,13H2,1-2H3,(H2,25,26)(H,27,31). The molecule has 0 bridgehead atoms. The molecule has 0 saturated heterocycles. The van der Waals surface area contributed by atoms with Gasteiger partial charge in [-0.15, -0.1) is 0 Å². The Bertz CT molecular complexity index is 1430. The molecule has 0 fully saturated rings. The van der Waals surface area contributed by atoms with Crippen LogP contribution in [0, 0.1) is 13.8 Å². The number of oxazole rings is 1.